The molecule has 126 valence electrons. The quantitative estimate of drug-likeness (QED) is 0.664. The molecule has 4 nitrogen and oxygen atoms in total. The lowest BCUT2D eigenvalue weighted by Gasteiger charge is -2.11. The molecule has 1 amide bonds. The number of anilines is 1. The van der Waals surface area contributed by atoms with E-state index in [1.165, 1.54) is 0 Å². The van der Waals surface area contributed by atoms with Crippen LogP contribution in [0.25, 0.3) is 0 Å². The molecule has 3 N–H and O–H groups in total. The van der Waals surface area contributed by atoms with Gasteiger partial charge >= 0.3 is 0 Å². The van der Waals surface area contributed by atoms with Crippen molar-refractivity contribution in [2.45, 2.75) is 12.8 Å². The van der Waals surface area contributed by atoms with Crippen LogP contribution in [0.15, 0.2) is 72.8 Å². The average molecular weight is 333 g/mol. The topological polar surface area (TPSA) is 69.6 Å². The monoisotopic (exact) mass is 333 g/mol. The Kier molecular flexibility index (Phi) is 5.00. The summed E-state index contributed by atoms with van der Waals surface area (Å²) in [5.74, 6) is 0.312. The van der Waals surface area contributed by atoms with Crippen LogP contribution in [0.5, 0.6) is 11.5 Å². The Labute approximate surface area is 146 Å². The number of hydrogen-bond acceptors (Lipinski definition) is 3. The maximum atomic E-state index is 12.3. The van der Waals surface area contributed by atoms with Crippen molar-refractivity contribution in [3.63, 3.8) is 0 Å². The SMILES string of the molecule is O=C(Cc1ccc(O)cc1)Nc1ccccc1Cc1ccc(O)cc1. The highest BCUT2D eigenvalue weighted by atomic mass is 16.3. The molecule has 0 radical (unpaired) electrons. The summed E-state index contributed by atoms with van der Waals surface area (Å²) in [6, 6.07) is 21.3. The van der Waals surface area contributed by atoms with E-state index in [1.807, 2.05) is 36.4 Å². The van der Waals surface area contributed by atoms with Gasteiger partial charge in [0.1, 0.15) is 11.5 Å². The van der Waals surface area contributed by atoms with E-state index in [0.29, 0.717) is 6.42 Å². The van der Waals surface area contributed by atoms with Gasteiger partial charge in [-0.15, -0.1) is 0 Å². The molecule has 0 saturated carbocycles. The lowest BCUT2D eigenvalue weighted by Crippen LogP contribution is -2.15. The Bertz CT molecular complexity index is 855. The fourth-order valence-electron chi connectivity index (χ4n) is 2.62. The van der Waals surface area contributed by atoms with E-state index in [0.717, 1.165) is 22.4 Å². The first-order valence-electron chi connectivity index (χ1n) is 8.04. The Morgan fingerprint density at radius 2 is 1.32 bits per heavy atom. The molecule has 3 rings (SSSR count). The molecule has 0 bridgehead atoms. The minimum atomic E-state index is -0.108. The molecule has 0 spiro atoms. The lowest BCUT2D eigenvalue weighted by atomic mass is 10.0. The van der Waals surface area contributed by atoms with Gasteiger partial charge in [-0.2, -0.15) is 0 Å². The minimum absolute atomic E-state index is 0.108. The van der Waals surface area contributed by atoms with Crippen molar-refractivity contribution in [3.8, 4) is 11.5 Å². The standard InChI is InChI=1S/C21H19NO3/c23-18-9-5-15(6-10-18)13-17-3-1-2-4-20(17)22-21(25)14-16-7-11-19(24)12-8-16/h1-12,23-24H,13-14H2,(H,22,25). The number of benzene rings is 3. The zero-order chi connectivity index (χ0) is 17.6. The predicted octanol–water partition coefficient (Wildman–Crippen LogP) is 3.87. The number of phenolic OH excluding ortho intramolecular Hbond substituents is 2. The van der Waals surface area contributed by atoms with Gasteiger partial charge in [0.25, 0.3) is 0 Å². The van der Waals surface area contributed by atoms with Crippen molar-refractivity contribution in [3.05, 3.63) is 89.5 Å². The molecule has 4 heteroatoms. The highest BCUT2D eigenvalue weighted by molar-refractivity contribution is 5.93. The second-order valence-electron chi connectivity index (χ2n) is 5.89. The molecule has 0 unspecified atom stereocenters. The highest BCUT2D eigenvalue weighted by Crippen LogP contribution is 2.21. The van der Waals surface area contributed by atoms with E-state index in [9.17, 15) is 15.0 Å². The first-order chi connectivity index (χ1) is 12.1. The molecule has 3 aromatic carbocycles. The van der Waals surface area contributed by atoms with Crippen LogP contribution in [-0.4, -0.2) is 16.1 Å². The molecule has 0 saturated heterocycles. The number of carbonyl (C=O) groups excluding carboxylic acids is 1. The maximum Gasteiger partial charge on any atom is 0.228 e. The van der Waals surface area contributed by atoms with Crippen molar-refractivity contribution in [1.82, 2.24) is 0 Å². The van der Waals surface area contributed by atoms with Crippen LogP contribution < -0.4 is 5.32 Å². The van der Waals surface area contributed by atoms with Gasteiger partial charge in [0.05, 0.1) is 6.42 Å². The number of hydrogen-bond donors (Lipinski definition) is 3. The van der Waals surface area contributed by atoms with E-state index in [1.54, 1.807) is 36.4 Å². The van der Waals surface area contributed by atoms with E-state index in [2.05, 4.69) is 5.32 Å². The Balaban J connectivity index is 1.70. The first kappa shape index (κ1) is 16.6. The summed E-state index contributed by atoms with van der Waals surface area (Å²) in [6.45, 7) is 0. The van der Waals surface area contributed by atoms with Crippen LogP contribution in [0, 0.1) is 0 Å². The fourth-order valence-corrected chi connectivity index (χ4v) is 2.62. The van der Waals surface area contributed by atoms with Gasteiger partial charge in [-0.25, -0.2) is 0 Å². The van der Waals surface area contributed by atoms with E-state index in [-0.39, 0.29) is 23.8 Å². The van der Waals surface area contributed by atoms with Crippen LogP contribution in [0.1, 0.15) is 16.7 Å². The molecule has 0 aromatic heterocycles. The normalized spacial score (nSPS) is 10.4. The molecule has 0 atom stereocenters. The number of nitrogens with one attached hydrogen (secondary N) is 1. The lowest BCUT2D eigenvalue weighted by molar-refractivity contribution is -0.115. The van der Waals surface area contributed by atoms with E-state index in [4.69, 9.17) is 0 Å². The fraction of sp³-hybridized carbons (Fsp3) is 0.0952. The van der Waals surface area contributed by atoms with Crippen molar-refractivity contribution in [2.75, 3.05) is 5.32 Å². The third-order valence-electron chi connectivity index (χ3n) is 3.92. The second kappa shape index (κ2) is 7.53. The smallest absolute Gasteiger partial charge is 0.228 e. The molecule has 25 heavy (non-hydrogen) atoms. The Morgan fingerprint density at radius 1 is 0.760 bits per heavy atom. The van der Waals surface area contributed by atoms with E-state index < -0.39 is 0 Å². The summed E-state index contributed by atoms with van der Waals surface area (Å²) in [5, 5.41) is 21.6. The molecule has 0 fully saturated rings. The summed E-state index contributed by atoms with van der Waals surface area (Å²) in [5.41, 5.74) is 3.68. The van der Waals surface area contributed by atoms with Crippen molar-refractivity contribution < 1.29 is 15.0 Å². The van der Waals surface area contributed by atoms with E-state index >= 15 is 0 Å². The van der Waals surface area contributed by atoms with Crippen LogP contribution in [0.3, 0.4) is 0 Å². The summed E-state index contributed by atoms with van der Waals surface area (Å²) in [4.78, 5) is 12.3. The summed E-state index contributed by atoms with van der Waals surface area (Å²) >= 11 is 0. The van der Waals surface area contributed by atoms with Gasteiger partial charge in [0, 0.05) is 5.69 Å². The molecular weight excluding hydrogens is 314 g/mol. The second-order valence-corrected chi connectivity index (χ2v) is 5.89. The molecular formula is C21H19NO3. The molecule has 0 aliphatic rings. The van der Waals surface area contributed by atoms with Crippen molar-refractivity contribution in [1.29, 1.82) is 0 Å². The zero-order valence-electron chi connectivity index (χ0n) is 13.6. The zero-order valence-corrected chi connectivity index (χ0v) is 13.6. The Hall–Kier alpha value is -3.27. The maximum absolute atomic E-state index is 12.3. The molecule has 0 aliphatic carbocycles. The van der Waals surface area contributed by atoms with Gasteiger partial charge in [0.15, 0.2) is 0 Å². The summed E-state index contributed by atoms with van der Waals surface area (Å²) in [7, 11) is 0. The number of amides is 1. The first-order valence-corrected chi connectivity index (χ1v) is 8.04. The Morgan fingerprint density at radius 3 is 1.96 bits per heavy atom. The van der Waals surface area contributed by atoms with Crippen LogP contribution in [0.4, 0.5) is 5.69 Å². The summed E-state index contributed by atoms with van der Waals surface area (Å²) in [6.07, 6.45) is 0.907. The average Bonchev–Trinajstić information content (AvgIpc) is 2.61. The van der Waals surface area contributed by atoms with Crippen LogP contribution in [-0.2, 0) is 17.6 Å². The number of phenols is 2. The number of carbonyl (C=O) groups is 1. The number of aromatic hydroxyl groups is 2. The minimum Gasteiger partial charge on any atom is -0.508 e. The van der Waals surface area contributed by atoms with Crippen molar-refractivity contribution >= 4 is 11.6 Å². The number of rotatable bonds is 5. The predicted molar refractivity (Wildman–Crippen MR) is 97.8 cm³/mol. The largest absolute Gasteiger partial charge is 0.508 e. The molecule has 0 heterocycles. The third-order valence-corrected chi connectivity index (χ3v) is 3.92. The third kappa shape index (κ3) is 4.61. The van der Waals surface area contributed by atoms with Gasteiger partial charge in [0.2, 0.25) is 5.91 Å². The van der Waals surface area contributed by atoms with Gasteiger partial charge < -0.3 is 15.5 Å². The summed E-state index contributed by atoms with van der Waals surface area (Å²) < 4.78 is 0. The van der Waals surface area contributed by atoms with Gasteiger partial charge in [-0.05, 0) is 53.4 Å². The highest BCUT2D eigenvalue weighted by Gasteiger charge is 2.08. The molecule has 3 aromatic rings. The molecule has 0 aliphatic heterocycles. The van der Waals surface area contributed by atoms with Crippen LogP contribution in [0.2, 0.25) is 0 Å². The van der Waals surface area contributed by atoms with Gasteiger partial charge in [-0.3, -0.25) is 4.79 Å². The number of para-hydroxylation sites is 1. The van der Waals surface area contributed by atoms with Crippen LogP contribution >= 0.6 is 0 Å². The van der Waals surface area contributed by atoms with Crippen molar-refractivity contribution in [2.24, 2.45) is 0 Å². The van der Waals surface area contributed by atoms with Gasteiger partial charge in [-0.1, -0.05) is 42.5 Å².